The maximum absolute atomic E-state index is 11.2. The summed E-state index contributed by atoms with van der Waals surface area (Å²) in [5.41, 5.74) is 0. The zero-order chi connectivity index (χ0) is 10.7. The van der Waals surface area contributed by atoms with Crippen molar-refractivity contribution in [2.24, 2.45) is 0 Å². The molecule has 0 radical (unpaired) electrons. The highest BCUT2D eigenvalue weighted by molar-refractivity contribution is 7.98. The predicted molar refractivity (Wildman–Crippen MR) is 59.0 cm³/mol. The third-order valence-electron chi connectivity index (χ3n) is 2.16. The van der Waals surface area contributed by atoms with Crippen LogP contribution < -0.4 is 10.2 Å². The molecule has 1 aromatic heterocycles. The SMILES string of the molecule is CSc1nccc(N2CCNC(=O)C2)n1. The van der Waals surface area contributed by atoms with Crippen LogP contribution in [-0.4, -0.2) is 41.8 Å². The first-order chi connectivity index (χ1) is 7.29. The van der Waals surface area contributed by atoms with E-state index in [-0.39, 0.29) is 5.91 Å². The lowest BCUT2D eigenvalue weighted by Crippen LogP contribution is -2.48. The maximum atomic E-state index is 11.2. The van der Waals surface area contributed by atoms with Gasteiger partial charge in [0.25, 0.3) is 0 Å². The fourth-order valence-corrected chi connectivity index (χ4v) is 1.79. The van der Waals surface area contributed by atoms with Gasteiger partial charge in [-0.15, -0.1) is 0 Å². The molecule has 0 aromatic carbocycles. The highest BCUT2D eigenvalue weighted by atomic mass is 32.2. The van der Waals surface area contributed by atoms with E-state index in [1.807, 2.05) is 17.2 Å². The van der Waals surface area contributed by atoms with E-state index in [0.717, 1.165) is 17.5 Å². The summed E-state index contributed by atoms with van der Waals surface area (Å²) in [4.78, 5) is 21.6. The van der Waals surface area contributed by atoms with Gasteiger partial charge in [0, 0.05) is 19.3 Å². The number of hydrogen-bond acceptors (Lipinski definition) is 5. The van der Waals surface area contributed by atoms with Crippen LogP contribution in [0.25, 0.3) is 0 Å². The molecule has 1 aliphatic heterocycles. The first-order valence-electron chi connectivity index (χ1n) is 4.68. The zero-order valence-corrected chi connectivity index (χ0v) is 9.25. The van der Waals surface area contributed by atoms with Gasteiger partial charge >= 0.3 is 0 Å². The molecule has 0 aliphatic carbocycles. The summed E-state index contributed by atoms with van der Waals surface area (Å²) < 4.78 is 0. The van der Waals surface area contributed by atoms with Crippen LogP contribution in [0.2, 0.25) is 0 Å². The molecular weight excluding hydrogens is 212 g/mol. The molecular formula is C9H12N4OS. The van der Waals surface area contributed by atoms with Crippen molar-refractivity contribution in [3.8, 4) is 0 Å². The maximum Gasteiger partial charge on any atom is 0.239 e. The summed E-state index contributed by atoms with van der Waals surface area (Å²) in [7, 11) is 0. The van der Waals surface area contributed by atoms with Gasteiger partial charge < -0.3 is 10.2 Å². The minimum atomic E-state index is 0.0468. The quantitative estimate of drug-likeness (QED) is 0.572. The van der Waals surface area contributed by atoms with Gasteiger partial charge in [0.05, 0.1) is 6.54 Å². The molecule has 1 N–H and O–H groups in total. The lowest BCUT2D eigenvalue weighted by Gasteiger charge is -2.27. The Morgan fingerprint density at radius 1 is 1.60 bits per heavy atom. The number of amides is 1. The average Bonchev–Trinajstić information content (AvgIpc) is 2.29. The van der Waals surface area contributed by atoms with Crippen LogP contribution in [-0.2, 0) is 4.79 Å². The van der Waals surface area contributed by atoms with Crippen LogP contribution in [0.15, 0.2) is 17.4 Å². The van der Waals surface area contributed by atoms with Gasteiger partial charge in [-0.2, -0.15) is 0 Å². The van der Waals surface area contributed by atoms with E-state index in [4.69, 9.17) is 0 Å². The van der Waals surface area contributed by atoms with Crippen LogP contribution in [0, 0.1) is 0 Å². The number of carbonyl (C=O) groups is 1. The fourth-order valence-electron chi connectivity index (χ4n) is 1.44. The molecule has 80 valence electrons. The Balaban J connectivity index is 2.17. The largest absolute Gasteiger partial charge is 0.353 e. The zero-order valence-electron chi connectivity index (χ0n) is 8.43. The topological polar surface area (TPSA) is 58.1 Å². The summed E-state index contributed by atoms with van der Waals surface area (Å²) in [5, 5.41) is 3.52. The molecule has 5 nitrogen and oxygen atoms in total. The van der Waals surface area contributed by atoms with E-state index in [2.05, 4.69) is 15.3 Å². The molecule has 1 saturated heterocycles. The second-order valence-electron chi connectivity index (χ2n) is 3.17. The number of piperazine rings is 1. The van der Waals surface area contributed by atoms with E-state index in [1.54, 1.807) is 6.20 Å². The number of aromatic nitrogens is 2. The molecule has 2 heterocycles. The summed E-state index contributed by atoms with van der Waals surface area (Å²) in [6, 6.07) is 1.83. The predicted octanol–water partition coefficient (Wildman–Crippen LogP) is 0.135. The molecule has 1 aliphatic rings. The van der Waals surface area contributed by atoms with Crippen molar-refractivity contribution in [2.45, 2.75) is 5.16 Å². The third kappa shape index (κ3) is 2.38. The minimum Gasteiger partial charge on any atom is -0.353 e. The Kier molecular flexibility index (Phi) is 3.05. The van der Waals surface area contributed by atoms with Gasteiger partial charge in [-0.05, 0) is 12.3 Å². The number of rotatable bonds is 2. The Labute approximate surface area is 92.3 Å². The lowest BCUT2D eigenvalue weighted by atomic mass is 10.3. The smallest absolute Gasteiger partial charge is 0.239 e. The molecule has 2 rings (SSSR count). The van der Waals surface area contributed by atoms with Crippen molar-refractivity contribution in [1.29, 1.82) is 0 Å². The number of nitrogens with zero attached hydrogens (tertiary/aromatic N) is 3. The Hall–Kier alpha value is -1.30. The summed E-state index contributed by atoms with van der Waals surface area (Å²) in [5.74, 6) is 0.870. The van der Waals surface area contributed by atoms with Crippen LogP contribution in [0.1, 0.15) is 0 Å². The number of hydrogen-bond donors (Lipinski definition) is 1. The van der Waals surface area contributed by atoms with E-state index in [9.17, 15) is 4.79 Å². The third-order valence-corrected chi connectivity index (χ3v) is 2.73. The van der Waals surface area contributed by atoms with E-state index >= 15 is 0 Å². The molecule has 1 aromatic rings. The van der Waals surface area contributed by atoms with Crippen LogP contribution in [0.3, 0.4) is 0 Å². The van der Waals surface area contributed by atoms with Crippen molar-refractivity contribution >= 4 is 23.5 Å². The molecule has 0 unspecified atom stereocenters. The fraction of sp³-hybridized carbons (Fsp3) is 0.444. The van der Waals surface area contributed by atoms with Crippen LogP contribution >= 0.6 is 11.8 Å². The van der Waals surface area contributed by atoms with Gasteiger partial charge in [-0.3, -0.25) is 4.79 Å². The van der Waals surface area contributed by atoms with E-state index < -0.39 is 0 Å². The molecule has 15 heavy (non-hydrogen) atoms. The van der Waals surface area contributed by atoms with Gasteiger partial charge in [0.1, 0.15) is 5.82 Å². The minimum absolute atomic E-state index is 0.0468. The number of nitrogens with one attached hydrogen (secondary N) is 1. The highest BCUT2D eigenvalue weighted by Gasteiger charge is 2.17. The first kappa shape index (κ1) is 10.2. The second-order valence-corrected chi connectivity index (χ2v) is 3.95. The Bertz CT molecular complexity index is 371. The molecule has 1 amide bonds. The van der Waals surface area contributed by atoms with Crippen molar-refractivity contribution in [2.75, 3.05) is 30.8 Å². The van der Waals surface area contributed by atoms with Gasteiger partial charge in [0.15, 0.2) is 5.16 Å². The number of anilines is 1. The standard InChI is InChI=1S/C9H12N4OS/c1-15-9-11-3-2-7(12-9)13-5-4-10-8(14)6-13/h2-3H,4-6H2,1H3,(H,10,14). The van der Waals surface area contributed by atoms with Gasteiger partial charge in [0.2, 0.25) is 5.91 Å². The first-order valence-corrected chi connectivity index (χ1v) is 5.91. The van der Waals surface area contributed by atoms with E-state index in [0.29, 0.717) is 13.1 Å². The van der Waals surface area contributed by atoms with Crippen LogP contribution in [0.4, 0.5) is 5.82 Å². The van der Waals surface area contributed by atoms with Gasteiger partial charge in [-0.1, -0.05) is 11.8 Å². The van der Waals surface area contributed by atoms with Gasteiger partial charge in [-0.25, -0.2) is 9.97 Å². The molecule has 0 saturated carbocycles. The normalized spacial score (nSPS) is 16.3. The number of carbonyl (C=O) groups excluding carboxylic acids is 1. The highest BCUT2D eigenvalue weighted by Crippen LogP contribution is 2.15. The Morgan fingerprint density at radius 3 is 3.20 bits per heavy atom. The molecule has 6 heteroatoms. The summed E-state index contributed by atoms with van der Waals surface area (Å²) in [6.45, 7) is 1.86. The van der Waals surface area contributed by atoms with Crippen molar-refractivity contribution in [3.05, 3.63) is 12.3 Å². The van der Waals surface area contributed by atoms with Crippen molar-refractivity contribution in [3.63, 3.8) is 0 Å². The molecule has 0 spiro atoms. The molecule has 0 bridgehead atoms. The van der Waals surface area contributed by atoms with E-state index in [1.165, 1.54) is 11.8 Å². The second kappa shape index (κ2) is 4.48. The summed E-state index contributed by atoms with van der Waals surface area (Å²) >= 11 is 1.50. The van der Waals surface area contributed by atoms with Crippen LogP contribution in [0.5, 0.6) is 0 Å². The average molecular weight is 224 g/mol. The Morgan fingerprint density at radius 2 is 2.47 bits per heavy atom. The lowest BCUT2D eigenvalue weighted by molar-refractivity contribution is -0.120. The monoisotopic (exact) mass is 224 g/mol. The van der Waals surface area contributed by atoms with Crippen molar-refractivity contribution < 1.29 is 4.79 Å². The van der Waals surface area contributed by atoms with Crippen molar-refractivity contribution in [1.82, 2.24) is 15.3 Å². The molecule has 1 fully saturated rings. The summed E-state index contributed by atoms with van der Waals surface area (Å²) in [6.07, 6.45) is 3.66. The number of thioether (sulfide) groups is 1. The molecule has 0 atom stereocenters.